The van der Waals surface area contributed by atoms with Crippen molar-refractivity contribution in [1.82, 2.24) is 5.23 Å². The lowest BCUT2D eigenvalue weighted by atomic mass is 10.5. The van der Waals surface area contributed by atoms with Crippen LogP contribution in [0.1, 0.15) is 0 Å². The van der Waals surface area contributed by atoms with Gasteiger partial charge in [0.05, 0.1) is 6.61 Å². The molecule has 0 aromatic heterocycles. The van der Waals surface area contributed by atoms with E-state index in [0.29, 0.717) is 5.23 Å². The van der Waals surface area contributed by atoms with Gasteiger partial charge in [0.2, 0.25) is 0 Å². The Morgan fingerprint density at radius 1 is 1.80 bits per heavy atom. The second-order valence-corrected chi connectivity index (χ2v) is 1.50. The molecule has 1 rings (SSSR count). The van der Waals surface area contributed by atoms with Gasteiger partial charge in [-0.3, -0.25) is 9.59 Å². The van der Waals surface area contributed by atoms with Gasteiger partial charge in [0.15, 0.2) is 0 Å². The topological polar surface area (TPSA) is 55.8 Å². The standard InChI is InChI=1S/C5H5NO4/c7-4-10-6-5(8)2-1-3-9-6/h1-2,4H,3H2. The van der Waals surface area contributed by atoms with Gasteiger partial charge in [-0.15, -0.1) is 0 Å². The van der Waals surface area contributed by atoms with Gasteiger partial charge >= 0.3 is 12.4 Å². The summed E-state index contributed by atoms with van der Waals surface area (Å²) in [6, 6.07) is 0. The van der Waals surface area contributed by atoms with Gasteiger partial charge in [-0.05, 0) is 5.23 Å². The normalized spacial score (nSPS) is 17.2. The predicted octanol–water partition coefficient (Wildman–Crippen LogP) is -0.596. The molecular formula is C5H5NO4. The van der Waals surface area contributed by atoms with Crippen molar-refractivity contribution in [3.05, 3.63) is 12.2 Å². The Balaban J connectivity index is 2.52. The summed E-state index contributed by atoms with van der Waals surface area (Å²) in [6.45, 7) is 0.358. The highest BCUT2D eigenvalue weighted by molar-refractivity contribution is 5.86. The van der Waals surface area contributed by atoms with Crippen LogP contribution >= 0.6 is 0 Å². The first kappa shape index (κ1) is 6.76. The number of rotatable bonds is 2. The summed E-state index contributed by atoms with van der Waals surface area (Å²) in [7, 11) is 0. The lowest BCUT2D eigenvalue weighted by Gasteiger charge is -2.17. The average molecular weight is 143 g/mol. The Morgan fingerprint density at radius 2 is 2.60 bits per heavy atom. The van der Waals surface area contributed by atoms with Crippen molar-refractivity contribution in [3.63, 3.8) is 0 Å². The second-order valence-electron chi connectivity index (χ2n) is 1.50. The number of hydrogen-bond donors (Lipinski definition) is 0. The van der Waals surface area contributed by atoms with Crippen molar-refractivity contribution < 1.29 is 19.3 Å². The first-order valence-electron chi connectivity index (χ1n) is 2.58. The quantitative estimate of drug-likeness (QED) is 0.484. The van der Waals surface area contributed by atoms with E-state index in [1.165, 1.54) is 12.2 Å². The highest BCUT2D eigenvalue weighted by Gasteiger charge is 2.15. The maximum atomic E-state index is 10.6. The molecule has 0 atom stereocenters. The zero-order chi connectivity index (χ0) is 7.40. The van der Waals surface area contributed by atoms with Crippen LogP contribution in [0.2, 0.25) is 0 Å². The molecule has 1 amide bonds. The minimum absolute atomic E-state index is 0.122. The number of nitrogens with zero attached hydrogens (tertiary/aromatic N) is 1. The SMILES string of the molecule is O=CON1OCC=CC1=O. The largest absolute Gasteiger partial charge is 0.324 e. The van der Waals surface area contributed by atoms with Gasteiger partial charge in [-0.2, -0.15) is 0 Å². The van der Waals surface area contributed by atoms with Gasteiger partial charge < -0.3 is 4.84 Å². The number of hydrogen-bond acceptors (Lipinski definition) is 4. The highest BCUT2D eigenvalue weighted by Crippen LogP contribution is 1.99. The first-order valence-corrected chi connectivity index (χ1v) is 2.58. The van der Waals surface area contributed by atoms with Crippen LogP contribution in [0.25, 0.3) is 0 Å². The third kappa shape index (κ3) is 1.32. The van der Waals surface area contributed by atoms with Crippen molar-refractivity contribution in [1.29, 1.82) is 0 Å². The molecule has 54 valence electrons. The number of carbonyl (C=O) groups excluding carboxylic acids is 2. The van der Waals surface area contributed by atoms with Crippen LogP contribution < -0.4 is 0 Å². The van der Waals surface area contributed by atoms with Gasteiger partial charge in [-0.1, -0.05) is 6.08 Å². The van der Waals surface area contributed by atoms with Crippen LogP contribution in [0, 0.1) is 0 Å². The Morgan fingerprint density at radius 3 is 3.20 bits per heavy atom. The molecule has 0 fully saturated rings. The Bertz CT molecular complexity index is 176. The zero-order valence-corrected chi connectivity index (χ0v) is 5.02. The summed E-state index contributed by atoms with van der Waals surface area (Å²) in [6.07, 6.45) is 2.78. The van der Waals surface area contributed by atoms with E-state index < -0.39 is 5.91 Å². The van der Waals surface area contributed by atoms with Crippen molar-refractivity contribution in [3.8, 4) is 0 Å². The minimum Gasteiger partial charge on any atom is -0.315 e. The molecule has 0 unspecified atom stereocenters. The fourth-order valence-electron chi connectivity index (χ4n) is 0.506. The molecule has 0 bridgehead atoms. The van der Waals surface area contributed by atoms with Gasteiger partial charge in [-0.25, -0.2) is 4.84 Å². The van der Waals surface area contributed by atoms with Gasteiger partial charge in [0.1, 0.15) is 0 Å². The summed E-state index contributed by atoms with van der Waals surface area (Å²) in [5.74, 6) is -0.502. The Hall–Kier alpha value is -1.36. The van der Waals surface area contributed by atoms with Crippen LogP contribution in [0.4, 0.5) is 0 Å². The second kappa shape index (κ2) is 2.98. The zero-order valence-electron chi connectivity index (χ0n) is 5.02. The monoisotopic (exact) mass is 143 g/mol. The minimum atomic E-state index is -0.502. The first-order chi connectivity index (χ1) is 4.84. The van der Waals surface area contributed by atoms with Crippen LogP contribution in [-0.2, 0) is 19.3 Å². The van der Waals surface area contributed by atoms with Crippen LogP contribution in [0.3, 0.4) is 0 Å². The molecule has 0 N–H and O–H groups in total. The average Bonchev–Trinajstić information content (AvgIpc) is 1.94. The van der Waals surface area contributed by atoms with E-state index in [1.54, 1.807) is 0 Å². The summed E-state index contributed by atoms with van der Waals surface area (Å²) in [5, 5.41) is 0.521. The molecule has 5 heteroatoms. The summed E-state index contributed by atoms with van der Waals surface area (Å²) in [4.78, 5) is 29.0. The third-order valence-electron chi connectivity index (χ3n) is 0.867. The van der Waals surface area contributed by atoms with Crippen LogP contribution in [-0.4, -0.2) is 24.2 Å². The third-order valence-corrected chi connectivity index (χ3v) is 0.867. The van der Waals surface area contributed by atoms with E-state index in [4.69, 9.17) is 0 Å². The molecule has 0 radical (unpaired) electrons. The molecule has 0 saturated carbocycles. The fourth-order valence-corrected chi connectivity index (χ4v) is 0.506. The molecule has 0 spiro atoms. The maximum absolute atomic E-state index is 10.6. The Kier molecular flexibility index (Phi) is 2.01. The van der Waals surface area contributed by atoms with Crippen LogP contribution in [0.5, 0.6) is 0 Å². The number of hydroxylamine groups is 2. The van der Waals surface area contributed by atoms with Crippen molar-refractivity contribution in [2.45, 2.75) is 0 Å². The summed E-state index contributed by atoms with van der Waals surface area (Å²) in [5.41, 5.74) is 0. The number of amides is 1. The molecule has 1 heterocycles. The molecule has 5 nitrogen and oxygen atoms in total. The van der Waals surface area contributed by atoms with E-state index in [-0.39, 0.29) is 13.1 Å². The molecule has 1 aliphatic heterocycles. The van der Waals surface area contributed by atoms with E-state index in [2.05, 4.69) is 9.68 Å². The van der Waals surface area contributed by atoms with E-state index in [0.717, 1.165) is 0 Å². The molecule has 0 aromatic rings. The lowest BCUT2D eigenvalue weighted by Crippen LogP contribution is -2.32. The summed E-state index contributed by atoms with van der Waals surface area (Å²) < 4.78 is 0. The number of carbonyl (C=O) groups is 2. The van der Waals surface area contributed by atoms with E-state index in [9.17, 15) is 9.59 Å². The van der Waals surface area contributed by atoms with Gasteiger partial charge in [0.25, 0.3) is 0 Å². The van der Waals surface area contributed by atoms with Crippen molar-refractivity contribution >= 4 is 12.4 Å². The van der Waals surface area contributed by atoms with Gasteiger partial charge in [0, 0.05) is 6.08 Å². The van der Waals surface area contributed by atoms with E-state index >= 15 is 0 Å². The highest BCUT2D eigenvalue weighted by atomic mass is 17.0. The molecular weight excluding hydrogens is 138 g/mol. The molecule has 0 aliphatic carbocycles. The lowest BCUT2D eigenvalue weighted by molar-refractivity contribution is -0.311. The summed E-state index contributed by atoms with van der Waals surface area (Å²) >= 11 is 0. The molecule has 0 saturated heterocycles. The smallest absolute Gasteiger partial charge is 0.315 e. The maximum Gasteiger partial charge on any atom is 0.324 e. The Labute approximate surface area is 56.7 Å². The fraction of sp³-hybridized carbons (Fsp3) is 0.200. The van der Waals surface area contributed by atoms with E-state index in [1.807, 2.05) is 0 Å². The predicted molar refractivity (Wildman–Crippen MR) is 29.1 cm³/mol. The molecule has 10 heavy (non-hydrogen) atoms. The van der Waals surface area contributed by atoms with Crippen LogP contribution in [0.15, 0.2) is 12.2 Å². The molecule has 0 aromatic carbocycles. The molecule has 1 aliphatic rings. The van der Waals surface area contributed by atoms with Crippen molar-refractivity contribution in [2.24, 2.45) is 0 Å². The van der Waals surface area contributed by atoms with Crippen molar-refractivity contribution in [2.75, 3.05) is 6.61 Å².